The standard InChI is InChI=1S/C18H24N2O4/c1-2-3-16(21)20-15-8-4-12(5-9-15)11-19-17(22)13-6-7-14(10-13)18(23)24/h4-5,8-9,13-14H,2-3,6-7,10-11H2,1H3,(H,19,22)(H,20,21)(H,23,24)/t13-,14+/m1/s1. The van der Waals surface area contributed by atoms with Gasteiger partial charge in [-0.25, -0.2) is 0 Å². The second kappa shape index (κ2) is 8.47. The van der Waals surface area contributed by atoms with Gasteiger partial charge in [-0.05, 0) is 43.4 Å². The van der Waals surface area contributed by atoms with E-state index in [1.165, 1.54) is 0 Å². The summed E-state index contributed by atoms with van der Waals surface area (Å²) >= 11 is 0. The fourth-order valence-electron chi connectivity index (χ4n) is 2.93. The quantitative estimate of drug-likeness (QED) is 0.715. The van der Waals surface area contributed by atoms with Gasteiger partial charge < -0.3 is 15.7 Å². The molecule has 0 aliphatic heterocycles. The van der Waals surface area contributed by atoms with Gasteiger partial charge in [0.15, 0.2) is 0 Å². The molecule has 0 saturated heterocycles. The molecule has 1 aromatic carbocycles. The third-order valence-corrected chi connectivity index (χ3v) is 4.33. The number of carboxylic acids is 1. The molecule has 1 aliphatic carbocycles. The number of aliphatic carboxylic acids is 1. The topological polar surface area (TPSA) is 95.5 Å². The van der Waals surface area contributed by atoms with Crippen LogP contribution in [-0.4, -0.2) is 22.9 Å². The maximum absolute atomic E-state index is 12.1. The summed E-state index contributed by atoms with van der Waals surface area (Å²) in [5.74, 6) is -1.51. The van der Waals surface area contributed by atoms with Crippen molar-refractivity contribution in [2.24, 2.45) is 11.8 Å². The van der Waals surface area contributed by atoms with Crippen LogP contribution in [0.1, 0.15) is 44.6 Å². The highest BCUT2D eigenvalue weighted by molar-refractivity contribution is 5.90. The van der Waals surface area contributed by atoms with Crippen molar-refractivity contribution < 1.29 is 19.5 Å². The molecule has 0 radical (unpaired) electrons. The van der Waals surface area contributed by atoms with Crippen molar-refractivity contribution in [2.45, 2.75) is 45.6 Å². The molecule has 1 saturated carbocycles. The van der Waals surface area contributed by atoms with Crippen LogP contribution in [0.2, 0.25) is 0 Å². The number of amides is 2. The summed E-state index contributed by atoms with van der Waals surface area (Å²) in [6.45, 7) is 2.35. The van der Waals surface area contributed by atoms with Gasteiger partial charge in [-0.15, -0.1) is 0 Å². The van der Waals surface area contributed by atoms with Crippen molar-refractivity contribution in [1.29, 1.82) is 0 Å². The van der Waals surface area contributed by atoms with Crippen LogP contribution in [0.4, 0.5) is 5.69 Å². The summed E-state index contributed by atoms with van der Waals surface area (Å²) in [4.78, 5) is 34.6. The first-order valence-corrected chi connectivity index (χ1v) is 8.39. The van der Waals surface area contributed by atoms with Crippen molar-refractivity contribution in [2.75, 3.05) is 5.32 Å². The summed E-state index contributed by atoms with van der Waals surface area (Å²) in [6, 6.07) is 7.34. The SMILES string of the molecule is CCCC(=O)Nc1ccc(CNC(=O)[C@@H]2CC[C@H](C(=O)O)C2)cc1. The lowest BCUT2D eigenvalue weighted by atomic mass is 10.0. The van der Waals surface area contributed by atoms with Crippen molar-refractivity contribution in [3.63, 3.8) is 0 Å². The highest BCUT2D eigenvalue weighted by atomic mass is 16.4. The van der Waals surface area contributed by atoms with Crippen molar-refractivity contribution in [3.05, 3.63) is 29.8 Å². The molecule has 0 bridgehead atoms. The largest absolute Gasteiger partial charge is 0.481 e. The van der Waals surface area contributed by atoms with Crippen molar-refractivity contribution in [1.82, 2.24) is 5.32 Å². The molecule has 1 aliphatic rings. The summed E-state index contributed by atoms with van der Waals surface area (Å²) in [5, 5.41) is 14.7. The van der Waals surface area contributed by atoms with Crippen LogP contribution in [0.3, 0.4) is 0 Å². The van der Waals surface area contributed by atoms with Gasteiger partial charge in [-0.2, -0.15) is 0 Å². The molecule has 1 fully saturated rings. The minimum atomic E-state index is -0.814. The molecule has 0 aromatic heterocycles. The Bertz CT molecular complexity index is 598. The number of hydrogen-bond donors (Lipinski definition) is 3. The molecule has 2 atom stereocenters. The number of carboxylic acid groups (broad SMARTS) is 1. The predicted molar refractivity (Wildman–Crippen MR) is 90.3 cm³/mol. The van der Waals surface area contributed by atoms with Crippen molar-refractivity contribution in [3.8, 4) is 0 Å². The Balaban J connectivity index is 1.79. The van der Waals surface area contributed by atoms with E-state index in [0.717, 1.165) is 17.7 Å². The summed E-state index contributed by atoms with van der Waals surface area (Å²) < 4.78 is 0. The van der Waals surface area contributed by atoms with Crippen LogP contribution in [0, 0.1) is 11.8 Å². The monoisotopic (exact) mass is 332 g/mol. The number of hydrogen-bond acceptors (Lipinski definition) is 3. The summed E-state index contributed by atoms with van der Waals surface area (Å²) in [5.41, 5.74) is 1.67. The highest BCUT2D eigenvalue weighted by Gasteiger charge is 2.33. The molecular formula is C18H24N2O4. The number of rotatable bonds is 7. The van der Waals surface area contributed by atoms with E-state index < -0.39 is 11.9 Å². The molecule has 130 valence electrons. The van der Waals surface area contributed by atoms with E-state index in [4.69, 9.17) is 5.11 Å². The van der Waals surface area contributed by atoms with E-state index in [1.54, 1.807) is 0 Å². The fraction of sp³-hybridized carbons (Fsp3) is 0.500. The van der Waals surface area contributed by atoms with Gasteiger partial charge in [-0.3, -0.25) is 14.4 Å². The van der Waals surface area contributed by atoms with Crippen molar-refractivity contribution >= 4 is 23.5 Å². The Kier molecular flexibility index (Phi) is 6.35. The van der Waals surface area contributed by atoms with E-state index in [-0.39, 0.29) is 17.7 Å². The van der Waals surface area contributed by atoms with Gasteiger partial charge in [0.1, 0.15) is 0 Å². The first-order chi connectivity index (χ1) is 11.5. The van der Waals surface area contributed by atoms with Gasteiger partial charge in [-0.1, -0.05) is 19.1 Å². The zero-order valence-corrected chi connectivity index (χ0v) is 13.9. The van der Waals surface area contributed by atoms with Crippen LogP contribution in [0.25, 0.3) is 0 Å². The molecule has 0 unspecified atom stereocenters. The lowest BCUT2D eigenvalue weighted by Gasteiger charge is -2.11. The number of carbonyl (C=O) groups excluding carboxylic acids is 2. The first kappa shape index (κ1) is 18.0. The van der Waals surface area contributed by atoms with E-state index in [1.807, 2.05) is 31.2 Å². The minimum absolute atomic E-state index is 0.00669. The third-order valence-electron chi connectivity index (χ3n) is 4.33. The van der Waals surface area contributed by atoms with E-state index in [2.05, 4.69) is 10.6 Å². The number of anilines is 1. The highest BCUT2D eigenvalue weighted by Crippen LogP contribution is 2.31. The fourth-order valence-corrected chi connectivity index (χ4v) is 2.93. The van der Waals surface area contributed by atoms with Gasteiger partial charge in [0, 0.05) is 24.6 Å². The second-order valence-electron chi connectivity index (χ2n) is 6.26. The molecule has 6 nitrogen and oxygen atoms in total. The first-order valence-electron chi connectivity index (χ1n) is 8.39. The lowest BCUT2D eigenvalue weighted by Crippen LogP contribution is -2.29. The Hall–Kier alpha value is -2.37. The molecule has 1 aromatic rings. The van der Waals surface area contributed by atoms with Crippen LogP contribution in [0.5, 0.6) is 0 Å². The number of carbonyl (C=O) groups is 3. The van der Waals surface area contributed by atoms with Gasteiger partial charge in [0.25, 0.3) is 0 Å². The Morgan fingerprint density at radius 1 is 1.12 bits per heavy atom. The van der Waals surface area contributed by atoms with Gasteiger partial charge >= 0.3 is 5.97 Å². The molecule has 0 spiro atoms. The molecule has 24 heavy (non-hydrogen) atoms. The Labute approximate surface area is 141 Å². The average Bonchev–Trinajstić information content (AvgIpc) is 3.04. The van der Waals surface area contributed by atoms with Crippen LogP contribution in [0.15, 0.2) is 24.3 Å². The lowest BCUT2D eigenvalue weighted by molar-refractivity contribution is -0.141. The smallest absolute Gasteiger partial charge is 0.306 e. The Morgan fingerprint density at radius 2 is 1.79 bits per heavy atom. The maximum Gasteiger partial charge on any atom is 0.306 e. The summed E-state index contributed by atoms with van der Waals surface area (Å²) in [6.07, 6.45) is 2.92. The van der Waals surface area contributed by atoms with Crippen LogP contribution < -0.4 is 10.6 Å². The van der Waals surface area contributed by atoms with Crippen LogP contribution in [-0.2, 0) is 20.9 Å². The van der Waals surface area contributed by atoms with E-state index in [9.17, 15) is 14.4 Å². The molecule has 6 heteroatoms. The number of benzene rings is 1. The average molecular weight is 332 g/mol. The van der Waals surface area contributed by atoms with Gasteiger partial charge in [0.05, 0.1) is 5.92 Å². The zero-order chi connectivity index (χ0) is 17.5. The minimum Gasteiger partial charge on any atom is -0.481 e. The van der Waals surface area contributed by atoms with Gasteiger partial charge in [0.2, 0.25) is 11.8 Å². The normalized spacial score (nSPS) is 19.7. The molecular weight excluding hydrogens is 308 g/mol. The van der Waals surface area contributed by atoms with E-state index in [0.29, 0.717) is 32.2 Å². The zero-order valence-electron chi connectivity index (χ0n) is 13.9. The third kappa shape index (κ3) is 5.08. The number of nitrogens with one attached hydrogen (secondary N) is 2. The molecule has 3 N–H and O–H groups in total. The molecule has 2 amide bonds. The second-order valence-corrected chi connectivity index (χ2v) is 6.26. The maximum atomic E-state index is 12.1. The predicted octanol–water partition coefficient (Wildman–Crippen LogP) is 2.54. The molecule has 2 rings (SSSR count). The van der Waals surface area contributed by atoms with Crippen LogP contribution >= 0.6 is 0 Å². The van der Waals surface area contributed by atoms with E-state index >= 15 is 0 Å². The Morgan fingerprint density at radius 3 is 2.38 bits per heavy atom. The molecule has 0 heterocycles. The summed E-state index contributed by atoms with van der Waals surface area (Å²) in [7, 11) is 0.